The lowest BCUT2D eigenvalue weighted by atomic mass is 9.96. The van der Waals surface area contributed by atoms with Crippen molar-refractivity contribution in [3.8, 4) is 5.75 Å². The van der Waals surface area contributed by atoms with Gasteiger partial charge in [-0.05, 0) is 44.7 Å². The summed E-state index contributed by atoms with van der Waals surface area (Å²) in [7, 11) is 0. The number of rotatable bonds is 5. The second-order valence-corrected chi connectivity index (χ2v) is 5.25. The number of para-hydroxylation sites is 1. The maximum Gasteiger partial charge on any atom is 0.168 e. The van der Waals surface area contributed by atoms with Crippen molar-refractivity contribution in [3.63, 3.8) is 0 Å². The van der Waals surface area contributed by atoms with E-state index in [0.29, 0.717) is 6.61 Å². The summed E-state index contributed by atoms with van der Waals surface area (Å²) in [6.07, 6.45) is 4.58. The van der Waals surface area contributed by atoms with Gasteiger partial charge in [0.05, 0.1) is 0 Å². The number of hydrogen-bond donors (Lipinski definition) is 1. The summed E-state index contributed by atoms with van der Waals surface area (Å²) in [4.78, 5) is 9.34. The number of benzene rings is 1. The molecule has 1 aromatic carbocycles. The molecule has 1 aromatic heterocycles. The van der Waals surface area contributed by atoms with Crippen LogP contribution in [0.2, 0.25) is 0 Å². The molecule has 0 atom stereocenters. The van der Waals surface area contributed by atoms with Crippen LogP contribution in [0.3, 0.4) is 0 Å². The van der Waals surface area contributed by atoms with Crippen molar-refractivity contribution >= 4 is 5.82 Å². The third-order valence-electron chi connectivity index (χ3n) is 3.68. The van der Waals surface area contributed by atoms with E-state index in [0.717, 1.165) is 36.8 Å². The van der Waals surface area contributed by atoms with E-state index in [1.807, 2.05) is 30.3 Å². The van der Waals surface area contributed by atoms with Gasteiger partial charge >= 0.3 is 0 Å². The zero-order valence-electron chi connectivity index (χ0n) is 12.4. The molecule has 0 radical (unpaired) electrons. The summed E-state index contributed by atoms with van der Waals surface area (Å²) in [6, 6.07) is 9.80. The molecule has 110 valence electrons. The second-order valence-electron chi connectivity index (χ2n) is 5.25. The van der Waals surface area contributed by atoms with Crippen molar-refractivity contribution in [2.45, 2.75) is 39.2 Å². The zero-order valence-corrected chi connectivity index (χ0v) is 12.4. The lowest BCUT2D eigenvalue weighted by Crippen LogP contribution is -2.15. The third-order valence-corrected chi connectivity index (χ3v) is 3.68. The van der Waals surface area contributed by atoms with Crippen LogP contribution < -0.4 is 10.1 Å². The van der Waals surface area contributed by atoms with Gasteiger partial charge in [0.1, 0.15) is 18.2 Å². The first-order chi connectivity index (χ1) is 10.4. The van der Waals surface area contributed by atoms with Crippen molar-refractivity contribution in [3.05, 3.63) is 47.4 Å². The van der Waals surface area contributed by atoms with Crippen molar-refractivity contribution in [1.82, 2.24) is 9.97 Å². The Hall–Kier alpha value is -2.10. The van der Waals surface area contributed by atoms with Crippen LogP contribution in [0.4, 0.5) is 5.82 Å². The molecule has 1 aliphatic rings. The Morgan fingerprint density at radius 1 is 1.10 bits per heavy atom. The smallest absolute Gasteiger partial charge is 0.168 e. The Labute approximate surface area is 125 Å². The van der Waals surface area contributed by atoms with Crippen LogP contribution in [0.15, 0.2) is 30.3 Å². The van der Waals surface area contributed by atoms with E-state index in [-0.39, 0.29) is 0 Å². The Bertz CT molecular complexity index is 598. The van der Waals surface area contributed by atoms with Crippen LogP contribution >= 0.6 is 0 Å². The third kappa shape index (κ3) is 3.32. The van der Waals surface area contributed by atoms with E-state index in [2.05, 4.69) is 17.2 Å². The molecular weight excluding hydrogens is 262 g/mol. The van der Waals surface area contributed by atoms with Gasteiger partial charge in [0.2, 0.25) is 0 Å². The molecule has 0 bridgehead atoms. The van der Waals surface area contributed by atoms with Crippen LogP contribution in [-0.4, -0.2) is 16.5 Å². The number of nitrogens with one attached hydrogen (secondary N) is 1. The van der Waals surface area contributed by atoms with Crippen molar-refractivity contribution in [2.24, 2.45) is 0 Å². The molecule has 3 rings (SSSR count). The minimum Gasteiger partial charge on any atom is -0.486 e. The molecule has 0 saturated heterocycles. The van der Waals surface area contributed by atoms with Crippen LogP contribution in [0.5, 0.6) is 5.75 Å². The van der Waals surface area contributed by atoms with E-state index in [1.165, 1.54) is 24.1 Å². The number of fused-ring (bicyclic) bond motifs is 1. The van der Waals surface area contributed by atoms with Gasteiger partial charge in [-0.15, -0.1) is 0 Å². The van der Waals surface area contributed by atoms with Gasteiger partial charge in [-0.2, -0.15) is 0 Å². The monoisotopic (exact) mass is 283 g/mol. The normalized spacial score (nSPS) is 13.6. The van der Waals surface area contributed by atoms with Gasteiger partial charge in [0, 0.05) is 17.8 Å². The van der Waals surface area contributed by atoms with E-state index >= 15 is 0 Å². The highest BCUT2D eigenvalue weighted by Crippen LogP contribution is 2.25. The summed E-state index contributed by atoms with van der Waals surface area (Å²) in [5.41, 5.74) is 2.49. The maximum absolute atomic E-state index is 5.76. The van der Waals surface area contributed by atoms with Gasteiger partial charge in [-0.25, -0.2) is 9.97 Å². The molecule has 0 aliphatic heterocycles. The second kappa shape index (κ2) is 6.57. The maximum atomic E-state index is 5.76. The molecule has 0 saturated carbocycles. The van der Waals surface area contributed by atoms with Crippen molar-refractivity contribution < 1.29 is 4.74 Å². The number of nitrogens with zero attached hydrogens (tertiary/aromatic N) is 2. The highest BCUT2D eigenvalue weighted by Gasteiger charge is 2.17. The summed E-state index contributed by atoms with van der Waals surface area (Å²) in [5.74, 6) is 2.60. The average Bonchev–Trinajstić information content (AvgIpc) is 2.54. The number of aromatic nitrogens is 2. The Morgan fingerprint density at radius 3 is 2.71 bits per heavy atom. The Morgan fingerprint density at radius 2 is 1.90 bits per heavy atom. The molecule has 0 fully saturated rings. The average molecular weight is 283 g/mol. The standard InChI is InChI=1S/C17H21N3O/c1-2-18-17-14-10-6-7-11-15(14)19-16(20-17)12-21-13-8-4-3-5-9-13/h3-5,8-9H,2,6-7,10-12H2,1H3,(H,18,19,20). The first-order valence-electron chi connectivity index (χ1n) is 7.67. The first kappa shape index (κ1) is 13.9. The summed E-state index contributed by atoms with van der Waals surface area (Å²) < 4.78 is 5.76. The quantitative estimate of drug-likeness (QED) is 0.914. The van der Waals surface area contributed by atoms with Gasteiger partial charge in [0.15, 0.2) is 5.82 Å². The lowest BCUT2D eigenvalue weighted by molar-refractivity contribution is 0.295. The van der Waals surface area contributed by atoms with Crippen LogP contribution in [0, 0.1) is 0 Å². The SMILES string of the molecule is CCNc1nc(COc2ccccc2)nc2c1CCCC2. The molecule has 4 heteroatoms. The molecular formula is C17H21N3O. The van der Waals surface area contributed by atoms with E-state index in [9.17, 15) is 0 Å². The number of aryl methyl sites for hydroxylation is 1. The molecule has 1 aliphatic carbocycles. The van der Waals surface area contributed by atoms with E-state index < -0.39 is 0 Å². The predicted octanol–water partition coefficient (Wildman–Crippen LogP) is 3.37. The van der Waals surface area contributed by atoms with Gasteiger partial charge < -0.3 is 10.1 Å². The Balaban J connectivity index is 1.80. The first-order valence-corrected chi connectivity index (χ1v) is 7.67. The molecule has 1 N–H and O–H groups in total. The highest BCUT2D eigenvalue weighted by molar-refractivity contribution is 5.47. The minimum atomic E-state index is 0.412. The highest BCUT2D eigenvalue weighted by atomic mass is 16.5. The molecule has 0 spiro atoms. The number of hydrogen-bond acceptors (Lipinski definition) is 4. The molecule has 1 heterocycles. The molecule has 0 unspecified atom stereocenters. The molecule has 2 aromatic rings. The van der Waals surface area contributed by atoms with Crippen molar-refractivity contribution in [2.75, 3.05) is 11.9 Å². The van der Waals surface area contributed by atoms with E-state index in [4.69, 9.17) is 9.72 Å². The number of anilines is 1. The number of ether oxygens (including phenoxy) is 1. The van der Waals surface area contributed by atoms with Gasteiger partial charge in [-0.3, -0.25) is 0 Å². The summed E-state index contributed by atoms with van der Waals surface area (Å²) in [6.45, 7) is 3.38. The fourth-order valence-electron chi connectivity index (χ4n) is 2.69. The largest absolute Gasteiger partial charge is 0.486 e. The van der Waals surface area contributed by atoms with Crippen LogP contribution in [0.25, 0.3) is 0 Å². The summed E-state index contributed by atoms with van der Waals surface area (Å²) >= 11 is 0. The van der Waals surface area contributed by atoms with Gasteiger partial charge in [-0.1, -0.05) is 18.2 Å². The fraction of sp³-hybridized carbons (Fsp3) is 0.412. The zero-order chi connectivity index (χ0) is 14.5. The molecule has 4 nitrogen and oxygen atoms in total. The topological polar surface area (TPSA) is 47.0 Å². The fourth-order valence-corrected chi connectivity index (χ4v) is 2.69. The lowest BCUT2D eigenvalue weighted by Gasteiger charge is -2.19. The predicted molar refractivity (Wildman–Crippen MR) is 83.6 cm³/mol. The van der Waals surface area contributed by atoms with Crippen LogP contribution in [0.1, 0.15) is 36.8 Å². The molecule has 21 heavy (non-hydrogen) atoms. The molecule has 0 amide bonds. The van der Waals surface area contributed by atoms with Crippen LogP contribution in [-0.2, 0) is 19.4 Å². The summed E-state index contributed by atoms with van der Waals surface area (Å²) in [5, 5.41) is 3.37. The van der Waals surface area contributed by atoms with Gasteiger partial charge in [0.25, 0.3) is 0 Å². The minimum absolute atomic E-state index is 0.412. The van der Waals surface area contributed by atoms with Crippen molar-refractivity contribution in [1.29, 1.82) is 0 Å². The van der Waals surface area contributed by atoms with E-state index in [1.54, 1.807) is 0 Å². The Kier molecular flexibility index (Phi) is 4.34.